The van der Waals surface area contributed by atoms with Gasteiger partial charge in [0.1, 0.15) is 6.04 Å². The van der Waals surface area contributed by atoms with E-state index < -0.39 is 16.1 Å². The number of hydrogen-bond acceptors (Lipinski definition) is 6. The van der Waals surface area contributed by atoms with E-state index in [1.54, 1.807) is 42.2 Å². The van der Waals surface area contributed by atoms with Crippen LogP contribution >= 0.6 is 0 Å². The molecule has 3 N–H and O–H groups in total. The summed E-state index contributed by atoms with van der Waals surface area (Å²) in [6.07, 6.45) is 2.91. The Morgan fingerprint density at radius 1 is 1.06 bits per heavy atom. The molecule has 1 aliphatic heterocycles. The van der Waals surface area contributed by atoms with Crippen molar-refractivity contribution in [1.29, 1.82) is 0 Å². The molecule has 0 spiro atoms. The molecule has 2 fully saturated rings. The van der Waals surface area contributed by atoms with Gasteiger partial charge in [-0.1, -0.05) is 18.2 Å². The molecule has 2 amide bonds. The molecular weight excluding hydrogens is 444 g/mol. The van der Waals surface area contributed by atoms with Crippen molar-refractivity contribution in [3.8, 4) is 0 Å². The summed E-state index contributed by atoms with van der Waals surface area (Å²) in [5, 5.41) is 11.9. The Morgan fingerprint density at radius 3 is 2.30 bits per heavy atom. The van der Waals surface area contributed by atoms with Crippen LogP contribution in [0.2, 0.25) is 0 Å². The highest BCUT2D eigenvalue weighted by Gasteiger charge is 2.30. The molecule has 1 saturated carbocycles. The zero-order valence-electron chi connectivity index (χ0n) is 19.3. The molecule has 0 bridgehead atoms. The third-order valence-corrected chi connectivity index (χ3v) is 8.10. The summed E-state index contributed by atoms with van der Waals surface area (Å²) in [6.45, 7) is 5.47. The third-order valence-electron chi connectivity index (χ3n) is 6.66. The smallest absolute Gasteiger partial charge is 0.244 e. The lowest BCUT2D eigenvalue weighted by Gasteiger charge is -2.36. The molecule has 1 aromatic rings. The van der Waals surface area contributed by atoms with E-state index in [2.05, 4.69) is 14.9 Å². The maximum atomic E-state index is 12.7. The lowest BCUT2D eigenvalue weighted by Crippen LogP contribution is -2.55. The van der Waals surface area contributed by atoms with Crippen LogP contribution in [0.15, 0.2) is 35.2 Å². The van der Waals surface area contributed by atoms with Crippen molar-refractivity contribution in [2.75, 3.05) is 45.9 Å². The van der Waals surface area contributed by atoms with E-state index >= 15 is 0 Å². The summed E-state index contributed by atoms with van der Waals surface area (Å²) >= 11 is 0. The van der Waals surface area contributed by atoms with Crippen LogP contribution in [0.3, 0.4) is 0 Å². The summed E-state index contributed by atoms with van der Waals surface area (Å²) < 4.78 is 27.5. The van der Waals surface area contributed by atoms with Crippen molar-refractivity contribution in [3.05, 3.63) is 30.3 Å². The number of hydrogen-bond donors (Lipinski definition) is 3. The minimum absolute atomic E-state index is 0.0731. The second kappa shape index (κ2) is 11.9. The van der Waals surface area contributed by atoms with Gasteiger partial charge in [-0.3, -0.25) is 14.5 Å². The molecule has 2 aliphatic rings. The molecule has 9 nitrogen and oxygen atoms in total. The normalized spacial score (nSPS) is 23.2. The third kappa shape index (κ3) is 7.23. The van der Waals surface area contributed by atoms with E-state index in [-0.39, 0.29) is 35.2 Å². The number of rotatable bonds is 9. The first-order valence-corrected chi connectivity index (χ1v) is 13.3. The molecule has 1 saturated heterocycles. The van der Waals surface area contributed by atoms with Crippen LogP contribution in [0.25, 0.3) is 0 Å². The number of aliphatic hydroxyl groups is 1. The molecule has 3 rings (SSSR count). The van der Waals surface area contributed by atoms with E-state index in [0.29, 0.717) is 39.0 Å². The predicted molar refractivity (Wildman–Crippen MR) is 125 cm³/mol. The van der Waals surface area contributed by atoms with Crippen molar-refractivity contribution in [1.82, 2.24) is 19.8 Å². The molecule has 1 aliphatic carbocycles. The van der Waals surface area contributed by atoms with Crippen LogP contribution in [0.5, 0.6) is 0 Å². The Bertz CT molecular complexity index is 879. The van der Waals surface area contributed by atoms with Gasteiger partial charge in [-0.15, -0.1) is 0 Å². The van der Waals surface area contributed by atoms with E-state index in [4.69, 9.17) is 5.11 Å². The summed E-state index contributed by atoms with van der Waals surface area (Å²) in [6, 6.07) is 7.74. The summed E-state index contributed by atoms with van der Waals surface area (Å²) in [5.41, 5.74) is 0. The summed E-state index contributed by atoms with van der Waals surface area (Å²) in [7, 11) is -3.52. The fourth-order valence-electron chi connectivity index (χ4n) is 4.54. The first-order valence-electron chi connectivity index (χ1n) is 11.8. The van der Waals surface area contributed by atoms with Crippen molar-refractivity contribution >= 4 is 21.8 Å². The molecule has 0 radical (unpaired) electrons. The van der Waals surface area contributed by atoms with Crippen molar-refractivity contribution < 1.29 is 23.1 Å². The number of nitrogens with zero attached hydrogens (tertiary/aromatic N) is 2. The molecule has 10 heteroatoms. The molecule has 0 unspecified atom stereocenters. The maximum Gasteiger partial charge on any atom is 0.244 e. The zero-order valence-corrected chi connectivity index (χ0v) is 20.1. The van der Waals surface area contributed by atoms with E-state index in [9.17, 15) is 18.0 Å². The highest BCUT2D eigenvalue weighted by atomic mass is 32.2. The maximum absolute atomic E-state index is 12.7. The van der Waals surface area contributed by atoms with Crippen molar-refractivity contribution in [3.63, 3.8) is 0 Å². The lowest BCUT2D eigenvalue weighted by atomic mass is 9.81. The van der Waals surface area contributed by atoms with Crippen LogP contribution in [-0.4, -0.2) is 87.1 Å². The quantitative estimate of drug-likeness (QED) is 0.471. The monoisotopic (exact) mass is 480 g/mol. The highest BCUT2D eigenvalue weighted by molar-refractivity contribution is 7.89. The molecular formula is C23H36N4O5S. The number of sulfonamides is 1. The van der Waals surface area contributed by atoms with Crippen LogP contribution in [-0.2, 0) is 19.6 Å². The number of carbonyl (C=O) groups excluding carboxylic acids is 2. The molecule has 0 aromatic heterocycles. The van der Waals surface area contributed by atoms with Gasteiger partial charge in [-0.25, -0.2) is 13.1 Å². The summed E-state index contributed by atoms with van der Waals surface area (Å²) in [5.74, 6) is -0.125. The van der Waals surface area contributed by atoms with Gasteiger partial charge in [-0.2, -0.15) is 0 Å². The zero-order chi connectivity index (χ0) is 23.8. The van der Waals surface area contributed by atoms with Gasteiger partial charge in [-0.05, 0) is 50.7 Å². The highest BCUT2D eigenvalue weighted by Crippen LogP contribution is 2.29. The number of nitrogens with one attached hydrogen (secondary N) is 2. The number of benzene rings is 1. The van der Waals surface area contributed by atoms with Gasteiger partial charge < -0.3 is 15.3 Å². The average molecular weight is 481 g/mol. The van der Waals surface area contributed by atoms with E-state index in [1.165, 1.54) is 0 Å². The van der Waals surface area contributed by atoms with E-state index in [0.717, 1.165) is 25.9 Å². The standard InChI is InChI=1S/C23H36N4O5S/c1-18(23(30)27-13-11-26(12-14-27)15-16-28)25-22(29)20-9-7-19(8-10-20)17-24-33(31,32)21-5-3-2-4-6-21/h2-6,18-20,24,28H,7-17H2,1H3,(H,25,29)/t18-,19?,20?/m0/s1. The largest absolute Gasteiger partial charge is 0.395 e. The SMILES string of the molecule is C[C@H](NC(=O)C1CCC(CNS(=O)(=O)c2ccccc2)CC1)C(=O)N1CCN(CCO)CC1. The number of carbonyl (C=O) groups is 2. The molecule has 1 heterocycles. The van der Waals surface area contributed by atoms with Gasteiger partial charge in [0.05, 0.1) is 11.5 Å². The minimum Gasteiger partial charge on any atom is -0.395 e. The van der Waals surface area contributed by atoms with E-state index in [1.807, 2.05) is 0 Å². The van der Waals surface area contributed by atoms with Gasteiger partial charge in [0.25, 0.3) is 0 Å². The van der Waals surface area contributed by atoms with Gasteiger partial charge in [0.2, 0.25) is 21.8 Å². The Hall–Kier alpha value is -2.01. The topological polar surface area (TPSA) is 119 Å². The second-order valence-corrected chi connectivity index (χ2v) is 10.8. The number of aliphatic hydroxyl groups excluding tert-OH is 1. The molecule has 33 heavy (non-hydrogen) atoms. The van der Waals surface area contributed by atoms with Crippen LogP contribution in [0.1, 0.15) is 32.6 Å². The van der Waals surface area contributed by atoms with Crippen LogP contribution in [0, 0.1) is 11.8 Å². The molecule has 1 aromatic carbocycles. The first-order chi connectivity index (χ1) is 15.8. The lowest BCUT2D eigenvalue weighted by molar-refractivity contribution is -0.138. The fourth-order valence-corrected chi connectivity index (χ4v) is 5.68. The molecule has 184 valence electrons. The Balaban J connectivity index is 1.39. The van der Waals surface area contributed by atoms with Gasteiger partial charge in [0.15, 0.2) is 0 Å². The van der Waals surface area contributed by atoms with Crippen molar-refractivity contribution in [2.24, 2.45) is 11.8 Å². The second-order valence-electron chi connectivity index (χ2n) is 9.00. The molecule has 1 atom stereocenters. The average Bonchev–Trinajstić information content (AvgIpc) is 2.84. The van der Waals surface area contributed by atoms with Gasteiger partial charge >= 0.3 is 0 Å². The predicted octanol–water partition coefficient (Wildman–Crippen LogP) is 0.413. The van der Waals surface area contributed by atoms with Crippen molar-refractivity contribution in [2.45, 2.75) is 43.5 Å². The summed E-state index contributed by atoms with van der Waals surface area (Å²) in [4.78, 5) is 29.6. The Morgan fingerprint density at radius 2 is 1.70 bits per heavy atom. The van der Waals surface area contributed by atoms with Gasteiger partial charge in [0, 0.05) is 45.2 Å². The number of piperazine rings is 1. The van der Waals surface area contributed by atoms with Crippen LogP contribution < -0.4 is 10.0 Å². The van der Waals surface area contributed by atoms with Crippen LogP contribution in [0.4, 0.5) is 0 Å². The Labute approximate surface area is 196 Å². The first kappa shape index (κ1) is 25.6. The minimum atomic E-state index is -3.52. The number of β-amino-alcohol motifs (C(OH)–C–C–N with tert-alkyl or cyclic N) is 1. The fraction of sp³-hybridized carbons (Fsp3) is 0.652. The number of amides is 2. The Kier molecular flexibility index (Phi) is 9.25.